The number of halogens is 4. The third kappa shape index (κ3) is 2.31. The Balaban J connectivity index is 2.50. The van der Waals surface area contributed by atoms with Crippen LogP contribution in [0.25, 0.3) is 0 Å². The summed E-state index contributed by atoms with van der Waals surface area (Å²) in [6, 6.07) is 2.99. The SMILES string of the molecule is O=C(O)C1(c2c(F)cccc2F)CCC(F)(F)CC1. The molecule has 1 saturated carbocycles. The summed E-state index contributed by atoms with van der Waals surface area (Å²) in [4.78, 5) is 11.4. The molecule has 1 aliphatic rings. The third-order valence-electron chi connectivity index (χ3n) is 3.69. The number of rotatable bonds is 2. The van der Waals surface area contributed by atoms with Gasteiger partial charge in [0.25, 0.3) is 0 Å². The van der Waals surface area contributed by atoms with E-state index >= 15 is 0 Å². The molecule has 104 valence electrons. The van der Waals surface area contributed by atoms with Crippen molar-refractivity contribution in [2.45, 2.75) is 37.0 Å². The summed E-state index contributed by atoms with van der Waals surface area (Å²) in [5, 5.41) is 9.28. The second kappa shape index (κ2) is 4.51. The number of hydrogen-bond acceptors (Lipinski definition) is 1. The van der Waals surface area contributed by atoms with Gasteiger partial charge in [0.1, 0.15) is 11.6 Å². The molecule has 1 fully saturated rings. The van der Waals surface area contributed by atoms with E-state index < -0.39 is 60.2 Å². The van der Waals surface area contributed by atoms with Crippen molar-refractivity contribution in [2.75, 3.05) is 0 Å². The number of aliphatic carboxylic acids is 1. The average Bonchev–Trinajstić information content (AvgIpc) is 2.30. The van der Waals surface area contributed by atoms with Crippen molar-refractivity contribution in [1.29, 1.82) is 0 Å². The zero-order valence-electron chi connectivity index (χ0n) is 9.93. The van der Waals surface area contributed by atoms with Crippen molar-refractivity contribution >= 4 is 5.97 Å². The highest BCUT2D eigenvalue weighted by Crippen LogP contribution is 2.47. The molecule has 6 heteroatoms. The van der Waals surface area contributed by atoms with Crippen LogP contribution in [0.5, 0.6) is 0 Å². The van der Waals surface area contributed by atoms with E-state index in [2.05, 4.69) is 0 Å². The maximum absolute atomic E-state index is 13.7. The van der Waals surface area contributed by atoms with E-state index in [4.69, 9.17) is 0 Å². The Labute approximate surface area is 107 Å². The number of carboxylic acid groups (broad SMARTS) is 1. The van der Waals surface area contributed by atoms with Gasteiger partial charge in [0, 0.05) is 18.4 Å². The molecule has 0 bridgehead atoms. The molecule has 1 aromatic carbocycles. The van der Waals surface area contributed by atoms with Crippen LogP contribution in [0.4, 0.5) is 17.6 Å². The van der Waals surface area contributed by atoms with Crippen LogP contribution >= 0.6 is 0 Å². The number of alkyl halides is 2. The van der Waals surface area contributed by atoms with Crippen LogP contribution in [-0.4, -0.2) is 17.0 Å². The number of carboxylic acids is 1. The second-order valence-corrected chi connectivity index (χ2v) is 4.84. The summed E-state index contributed by atoms with van der Waals surface area (Å²) < 4.78 is 53.8. The lowest BCUT2D eigenvalue weighted by molar-refractivity contribution is -0.149. The average molecular weight is 276 g/mol. The molecule has 0 aliphatic heterocycles. The van der Waals surface area contributed by atoms with E-state index in [9.17, 15) is 27.5 Å². The molecule has 2 nitrogen and oxygen atoms in total. The van der Waals surface area contributed by atoms with Gasteiger partial charge in [0.15, 0.2) is 0 Å². The normalized spacial score (nSPS) is 21.1. The zero-order chi connectivity index (χ0) is 14.3. The molecule has 0 radical (unpaired) electrons. The van der Waals surface area contributed by atoms with Gasteiger partial charge < -0.3 is 5.11 Å². The van der Waals surface area contributed by atoms with Gasteiger partial charge >= 0.3 is 5.97 Å². The standard InChI is InChI=1S/C13H12F4O2/c14-8-2-1-3-9(15)10(8)12(11(18)19)4-6-13(16,17)7-5-12/h1-3H,4-7H2,(H,18,19). The van der Waals surface area contributed by atoms with Crippen LogP contribution in [0, 0.1) is 11.6 Å². The molecule has 1 aromatic rings. The van der Waals surface area contributed by atoms with Crippen LogP contribution in [0.3, 0.4) is 0 Å². The maximum atomic E-state index is 13.7. The third-order valence-corrected chi connectivity index (χ3v) is 3.69. The Bertz CT molecular complexity index is 483. The molecule has 19 heavy (non-hydrogen) atoms. The lowest BCUT2D eigenvalue weighted by atomic mass is 9.68. The quantitative estimate of drug-likeness (QED) is 0.839. The Kier molecular flexibility index (Phi) is 3.28. The van der Waals surface area contributed by atoms with Gasteiger partial charge in [-0.15, -0.1) is 0 Å². The van der Waals surface area contributed by atoms with Crippen LogP contribution in [0.1, 0.15) is 31.2 Å². The number of benzene rings is 1. The fourth-order valence-electron chi connectivity index (χ4n) is 2.57. The Morgan fingerprint density at radius 1 is 1.05 bits per heavy atom. The Morgan fingerprint density at radius 2 is 1.53 bits per heavy atom. The van der Waals surface area contributed by atoms with Crippen molar-refractivity contribution in [3.8, 4) is 0 Å². The first-order valence-electron chi connectivity index (χ1n) is 5.84. The predicted molar refractivity (Wildman–Crippen MR) is 59.1 cm³/mol. The minimum absolute atomic E-state index is 0.479. The molecule has 0 saturated heterocycles. The smallest absolute Gasteiger partial charge is 0.314 e. The molecule has 1 aliphatic carbocycles. The molecule has 0 amide bonds. The summed E-state index contributed by atoms with van der Waals surface area (Å²) in [5.74, 6) is -6.45. The number of carbonyl (C=O) groups is 1. The highest BCUT2D eigenvalue weighted by molar-refractivity contribution is 5.81. The molecule has 0 unspecified atom stereocenters. The van der Waals surface area contributed by atoms with Crippen molar-refractivity contribution in [2.24, 2.45) is 0 Å². The van der Waals surface area contributed by atoms with Gasteiger partial charge in [-0.2, -0.15) is 0 Å². The fourth-order valence-corrected chi connectivity index (χ4v) is 2.57. The molecule has 0 atom stereocenters. The molecular formula is C13H12F4O2. The van der Waals surface area contributed by atoms with Crippen LogP contribution in [0.2, 0.25) is 0 Å². The summed E-state index contributed by atoms with van der Waals surface area (Å²) in [5.41, 5.74) is -2.52. The van der Waals surface area contributed by atoms with Gasteiger partial charge in [-0.1, -0.05) is 6.07 Å². The maximum Gasteiger partial charge on any atom is 0.314 e. The van der Waals surface area contributed by atoms with E-state index in [-0.39, 0.29) is 0 Å². The lowest BCUT2D eigenvalue weighted by Gasteiger charge is -2.37. The Morgan fingerprint density at radius 3 is 1.95 bits per heavy atom. The fraction of sp³-hybridized carbons (Fsp3) is 0.462. The van der Waals surface area contributed by atoms with Gasteiger partial charge in [-0.25, -0.2) is 17.6 Å². The molecular weight excluding hydrogens is 264 g/mol. The predicted octanol–water partition coefficient (Wildman–Crippen LogP) is 3.50. The lowest BCUT2D eigenvalue weighted by Crippen LogP contribution is -2.44. The summed E-state index contributed by atoms with van der Waals surface area (Å²) >= 11 is 0. The van der Waals surface area contributed by atoms with Crippen LogP contribution < -0.4 is 0 Å². The van der Waals surface area contributed by atoms with Crippen molar-refractivity contribution in [1.82, 2.24) is 0 Å². The molecule has 0 aromatic heterocycles. The summed E-state index contributed by atoms with van der Waals surface area (Å²) in [6.07, 6.45) is -2.33. The molecule has 1 N–H and O–H groups in total. The summed E-state index contributed by atoms with van der Waals surface area (Å²) in [6.45, 7) is 0. The first-order valence-corrected chi connectivity index (χ1v) is 5.84. The first-order chi connectivity index (χ1) is 8.78. The van der Waals surface area contributed by atoms with Crippen molar-refractivity contribution < 1.29 is 27.5 Å². The largest absolute Gasteiger partial charge is 0.481 e. The zero-order valence-corrected chi connectivity index (χ0v) is 9.93. The van der Waals surface area contributed by atoms with Crippen LogP contribution in [0.15, 0.2) is 18.2 Å². The van der Waals surface area contributed by atoms with Gasteiger partial charge in [-0.05, 0) is 25.0 Å². The topological polar surface area (TPSA) is 37.3 Å². The van der Waals surface area contributed by atoms with E-state index in [1.165, 1.54) is 0 Å². The van der Waals surface area contributed by atoms with E-state index in [1.54, 1.807) is 0 Å². The highest BCUT2D eigenvalue weighted by Gasteiger charge is 2.51. The van der Waals surface area contributed by atoms with Gasteiger partial charge in [0.05, 0.1) is 5.41 Å². The molecule has 2 rings (SSSR count). The minimum Gasteiger partial charge on any atom is -0.481 e. The van der Waals surface area contributed by atoms with Crippen molar-refractivity contribution in [3.05, 3.63) is 35.4 Å². The monoisotopic (exact) mass is 276 g/mol. The van der Waals surface area contributed by atoms with E-state index in [0.717, 1.165) is 18.2 Å². The molecule has 0 heterocycles. The van der Waals surface area contributed by atoms with Gasteiger partial charge in [-0.3, -0.25) is 4.79 Å². The van der Waals surface area contributed by atoms with E-state index in [0.29, 0.717) is 0 Å². The second-order valence-electron chi connectivity index (χ2n) is 4.84. The summed E-state index contributed by atoms with van der Waals surface area (Å²) in [7, 11) is 0. The van der Waals surface area contributed by atoms with Crippen LogP contribution in [-0.2, 0) is 10.2 Å². The number of hydrogen-bond donors (Lipinski definition) is 1. The minimum atomic E-state index is -2.97. The van der Waals surface area contributed by atoms with E-state index in [1.807, 2.05) is 0 Å². The Hall–Kier alpha value is -1.59. The van der Waals surface area contributed by atoms with Crippen molar-refractivity contribution in [3.63, 3.8) is 0 Å². The highest BCUT2D eigenvalue weighted by atomic mass is 19.3. The van der Waals surface area contributed by atoms with Gasteiger partial charge in [0.2, 0.25) is 5.92 Å². The molecule has 0 spiro atoms. The first kappa shape index (κ1) is 13.8.